The van der Waals surface area contributed by atoms with Crippen molar-refractivity contribution in [3.8, 4) is 0 Å². The van der Waals surface area contributed by atoms with Crippen LogP contribution in [0.15, 0.2) is 73.3 Å². The van der Waals surface area contributed by atoms with Gasteiger partial charge in [-0.3, -0.25) is 9.59 Å². The third kappa shape index (κ3) is 9.78. The van der Waals surface area contributed by atoms with Crippen LogP contribution in [0.1, 0.15) is 30.7 Å². The van der Waals surface area contributed by atoms with Gasteiger partial charge < -0.3 is 42.3 Å². The lowest BCUT2D eigenvalue weighted by molar-refractivity contribution is -0.143. The molecule has 13 nitrogen and oxygen atoms in total. The van der Waals surface area contributed by atoms with Crippen molar-refractivity contribution in [2.45, 2.75) is 57.3 Å². The van der Waals surface area contributed by atoms with E-state index in [1.807, 2.05) is 54.6 Å². The van der Waals surface area contributed by atoms with Crippen LogP contribution >= 0.6 is 0 Å². The second-order valence-electron chi connectivity index (χ2n) is 10.7. The second kappa shape index (κ2) is 16.0. The maximum absolute atomic E-state index is 12.2. The topological polar surface area (TPSA) is 229 Å². The Bertz CT molecular complexity index is 1520. The molecule has 234 valence electrons. The minimum atomic E-state index is -1.11. The van der Waals surface area contributed by atoms with E-state index in [4.69, 9.17) is 16.6 Å². The van der Waals surface area contributed by atoms with E-state index < -0.39 is 47.9 Å². The van der Waals surface area contributed by atoms with Crippen LogP contribution in [0.25, 0.3) is 10.9 Å². The number of carboxylic acid groups (broad SMARTS) is 2. The lowest BCUT2D eigenvalue weighted by atomic mass is 10.0. The van der Waals surface area contributed by atoms with Gasteiger partial charge in [0.15, 0.2) is 0 Å². The highest BCUT2D eigenvalue weighted by Crippen LogP contribution is 2.19. The summed E-state index contributed by atoms with van der Waals surface area (Å²) in [4.78, 5) is 56.5. The first-order chi connectivity index (χ1) is 21.0. The second-order valence-corrected chi connectivity index (χ2v) is 10.7. The number of carboxylic acids is 2. The molecule has 10 N–H and O–H groups in total. The summed E-state index contributed by atoms with van der Waals surface area (Å²) in [5.41, 5.74) is 15.0. The molecule has 13 heteroatoms. The van der Waals surface area contributed by atoms with Crippen molar-refractivity contribution in [3.63, 3.8) is 0 Å². The van der Waals surface area contributed by atoms with Crippen LogP contribution in [0.4, 0.5) is 0 Å². The number of fused-ring (bicyclic) bond motifs is 1. The fraction of sp³-hybridized carbons (Fsp3) is 0.323. The summed E-state index contributed by atoms with van der Waals surface area (Å²) in [7, 11) is 0. The van der Waals surface area contributed by atoms with Gasteiger partial charge in [0.2, 0.25) is 11.8 Å². The molecule has 44 heavy (non-hydrogen) atoms. The average Bonchev–Trinajstić information content (AvgIpc) is 3.66. The number of nitrogens with one attached hydrogen (secondary N) is 4. The maximum atomic E-state index is 12.2. The quantitative estimate of drug-likeness (QED) is 0.110. The number of nitrogens with zero attached hydrogens (tertiary/aromatic N) is 1. The maximum Gasteiger partial charge on any atom is 0.326 e. The first-order valence-electron chi connectivity index (χ1n) is 14.1. The van der Waals surface area contributed by atoms with Crippen molar-refractivity contribution >= 4 is 34.7 Å². The number of aromatic nitrogens is 3. The standard InChI is InChI=1S/C17H19N5O3.C14H20N2O3/c18-13(6-11-8-19-9-21-11)16(23)22-15(17(24)25)5-10-7-20-14-4-2-1-3-12(10)14;1-9(2)12(14(18)19)16-13(17)11(15)8-10-6-4-3-5-7-10/h1-4,7-9,13,15,20H,5-6,18H2,(H,19,21)(H,22,23)(H,24,25);3-7,9,11-12H,8,15H2,1-2H3,(H,16,17)(H,18,19). The smallest absolute Gasteiger partial charge is 0.326 e. The van der Waals surface area contributed by atoms with Gasteiger partial charge in [0.05, 0.1) is 24.1 Å². The number of hydrogen-bond donors (Lipinski definition) is 8. The van der Waals surface area contributed by atoms with Gasteiger partial charge in [-0.15, -0.1) is 0 Å². The molecule has 0 bridgehead atoms. The number of para-hydroxylation sites is 1. The minimum absolute atomic E-state index is 0.167. The molecule has 4 aromatic rings. The lowest BCUT2D eigenvalue weighted by Gasteiger charge is -2.20. The zero-order chi connectivity index (χ0) is 32.2. The predicted molar refractivity (Wildman–Crippen MR) is 164 cm³/mol. The van der Waals surface area contributed by atoms with Crippen LogP contribution in [0.5, 0.6) is 0 Å². The SMILES string of the molecule is CC(C)C(NC(=O)C(N)Cc1ccccc1)C(=O)O.NC(Cc1c[nH]cn1)C(=O)NC(Cc1c[nH]c2ccccc12)C(=O)O. The Kier molecular flexibility index (Phi) is 12.2. The molecule has 2 heterocycles. The Hall–Kier alpha value is -5.01. The highest BCUT2D eigenvalue weighted by atomic mass is 16.4. The van der Waals surface area contributed by atoms with Gasteiger partial charge in [0, 0.05) is 36.1 Å². The normalized spacial score (nSPS) is 13.7. The third-order valence-corrected chi connectivity index (χ3v) is 6.90. The van der Waals surface area contributed by atoms with E-state index in [0.717, 1.165) is 22.0 Å². The van der Waals surface area contributed by atoms with Crippen LogP contribution < -0.4 is 22.1 Å². The number of aliphatic carboxylic acids is 2. The predicted octanol–water partition coefficient (Wildman–Crippen LogP) is 1.35. The minimum Gasteiger partial charge on any atom is -0.480 e. The summed E-state index contributed by atoms with van der Waals surface area (Å²) < 4.78 is 0. The molecule has 0 saturated carbocycles. The lowest BCUT2D eigenvalue weighted by Crippen LogP contribution is -2.51. The number of hydrogen-bond acceptors (Lipinski definition) is 7. The number of carbonyl (C=O) groups excluding carboxylic acids is 2. The summed E-state index contributed by atoms with van der Waals surface area (Å²) in [6.45, 7) is 3.48. The molecular weight excluding hydrogens is 566 g/mol. The Labute approximate surface area is 254 Å². The van der Waals surface area contributed by atoms with E-state index >= 15 is 0 Å². The van der Waals surface area contributed by atoms with Gasteiger partial charge >= 0.3 is 11.9 Å². The Morgan fingerprint density at radius 3 is 2.07 bits per heavy atom. The van der Waals surface area contributed by atoms with E-state index in [9.17, 15) is 24.3 Å². The molecule has 4 atom stereocenters. The largest absolute Gasteiger partial charge is 0.480 e. The monoisotopic (exact) mass is 605 g/mol. The molecule has 2 aromatic heterocycles. The van der Waals surface area contributed by atoms with E-state index in [-0.39, 0.29) is 18.8 Å². The van der Waals surface area contributed by atoms with E-state index in [1.165, 1.54) is 6.33 Å². The molecular formula is C31H39N7O6. The van der Waals surface area contributed by atoms with Gasteiger partial charge in [-0.25, -0.2) is 14.6 Å². The molecule has 2 amide bonds. The Morgan fingerprint density at radius 1 is 0.818 bits per heavy atom. The summed E-state index contributed by atoms with van der Waals surface area (Å²) in [5.74, 6) is -3.30. The van der Waals surface area contributed by atoms with Crippen LogP contribution in [-0.2, 0) is 38.4 Å². The summed E-state index contributed by atoms with van der Waals surface area (Å²) in [6.07, 6.45) is 5.69. The average molecular weight is 606 g/mol. The highest BCUT2D eigenvalue weighted by Gasteiger charge is 2.26. The van der Waals surface area contributed by atoms with Crippen molar-refractivity contribution < 1.29 is 29.4 Å². The molecule has 0 spiro atoms. The van der Waals surface area contributed by atoms with Crippen molar-refractivity contribution in [2.75, 3.05) is 0 Å². The van der Waals surface area contributed by atoms with Crippen molar-refractivity contribution in [1.82, 2.24) is 25.6 Å². The van der Waals surface area contributed by atoms with E-state index in [1.54, 1.807) is 26.2 Å². The third-order valence-electron chi connectivity index (χ3n) is 6.90. The first kappa shape index (κ1) is 33.5. The molecule has 4 unspecified atom stereocenters. The van der Waals surface area contributed by atoms with Crippen LogP contribution in [0.2, 0.25) is 0 Å². The molecule has 0 aliphatic carbocycles. The number of benzene rings is 2. The van der Waals surface area contributed by atoms with Crippen molar-refractivity contribution in [2.24, 2.45) is 17.4 Å². The van der Waals surface area contributed by atoms with Crippen LogP contribution in [0, 0.1) is 5.92 Å². The zero-order valence-corrected chi connectivity index (χ0v) is 24.6. The van der Waals surface area contributed by atoms with Gasteiger partial charge in [0.25, 0.3) is 0 Å². The van der Waals surface area contributed by atoms with E-state index in [2.05, 4.69) is 25.6 Å². The first-order valence-corrected chi connectivity index (χ1v) is 14.1. The van der Waals surface area contributed by atoms with Gasteiger partial charge in [0.1, 0.15) is 12.1 Å². The van der Waals surface area contributed by atoms with E-state index in [0.29, 0.717) is 12.1 Å². The van der Waals surface area contributed by atoms with Crippen LogP contribution in [0.3, 0.4) is 0 Å². The number of aromatic amines is 2. The molecule has 2 aromatic carbocycles. The Morgan fingerprint density at radius 2 is 1.45 bits per heavy atom. The molecule has 4 rings (SSSR count). The van der Waals surface area contributed by atoms with Gasteiger partial charge in [-0.2, -0.15) is 0 Å². The number of imidazole rings is 1. The van der Waals surface area contributed by atoms with Gasteiger partial charge in [-0.05, 0) is 29.5 Å². The fourth-order valence-corrected chi connectivity index (χ4v) is 4.45. The summed E-state index contributed by atoms with van der Waals surface area (Å²) in [6, 6.07) is 13.4. The number of nitrogens with two attached hydrogens (primary N) is 2. The van der Waals surface area contributed by atoms with Crippen LogP contribution in [-0.4, -0.2) is 73.1 Å². The fourth-order valence-electron chi connectivity index (χ4n) is 4.45. The number of rotatable bonds is 13. The molecule has 0 radical (unpaired) electrons. The number of carbonyl (C=O) groups is 4. The zero-order valence-electron chi connectivity index (χ0n) is 24.6. The highest BCUT2D eigenvalue weighted by molar-refractivity contribution is 5.89. The molecule has 0 fully saturated rings. The van der Waals surface area contributed by atoms with Crippen molar-refractivity contribution in [3.05, 3.63) is 90.1 Å². The summed E-state index contributed by atoms with van der Waals surface area (Å²) in [5, 5.41) is 24.4. The van der Waals surface area contributed by atoms with Crippen molar-refractivity contribution in [1.29, 1.82) is 0 Å². The molecule has 0 aliphatic rings. The number of amides is 2. The van der Waals surface area contributed by atoms with Gasteiger partial charge in [-0.1, -0.05) is 62.4 Å². The summed E-state index contributed by atoms with van der Waals surface area (Å²) >= 11 is 0. The molecule has 0 aliphatic heterocycles. The Balaban J connectivity index is 0.000000251. The number of H-pyrrole nitrogens is 2. The molecule has 0 saturated heterocycles.